The molecule has 2 atom stereocenters. The lowest BCUT2D eigenvalue weighted by Crippen LogP contribution is -2.14. The molecule has 0 bridgehead atoms. The average Bonchev–Trinajstić information content (AvgIpc) is 1.98. The first-order valence-electron chi connectivity index (χ1n) is 3.59. The van der Waals surface area contributed by atoms with Crippen molar-refractivity contribution in [2.45, 2.75) is 19.9 Å². The van der Waals surface area contributed by atoms with Gasteiger partial charge in [0.2, 0.25) is 0 Å². The van der Waals surface area contributed by atoms with E-state index in [0.29, 0.717) is 0 Å². The van der Waals surface area contributed by atoms with E-state index in [9.17, 15) is 4.79 Å². The minimum absolute atomic E-state index is 0.0119. The van der Waals surface area contributed by atoms with Gasteiger partial charge in [-0.3, -0.25) is 4.79 Å². The third-order valence-corrected chi connectivity index (χ3v) is 1.28. The number of carbonyl (C=O) groups excluding carboxylic acids is 1. The molecule has 3 heteroatoms. The third-order valence-electron chi connectivity index (χ3n) is 1.28. The zero-order valence-corrected chi connectivity index (χ0v) is 7.20. The van der Waals surface area contributed by atoms with Crippen LogP contribution in [-0.4, -0.2) is 19.1 Å². The normalized spacial score (nSPS) is 16.4. The molecule has 2 N–H and O–H groups in total. The molecule has 0 aliphatic carbocycles. The molecule has 11 heavy (non-hydrogen) atoms. The fraction of sp³-hybridized carbons (Fsp3) is 0.625. The van der Waals surface area contributed by atoms with Crippen LogP contribution in [0.2, 0.25) is 0 Å². The topological polar surface area (TPSA) is 52.3 Å². The molecule has 0 amide bonds. The number of hydrogen-bond acceptors (Lipinski definition) is 3. The van der Waals surface area contributed by atoms with Crippen molar-refractivity contribution in [3.63, 3.8) is 0 Å². The summed E-state index contributed by atoms with van der Waals surface area (Å²) in [6, 6.07) is -0.0119. The predicted molar refractivity (Wildman–Crippen MR) is 44.0 cm³/mol. The van der Waals surface area contributed by atoms with Gasteiger partial charge in [-0.05, 0) is 13.8 Å². The highest BCUT2D eigenvalue weighted by Crippen LogP contribution is 1.99. The van der Waals surface area contributed by atoms with E-state index in [2.05, 4.69) is 4.74 Å². The van der Waals surface area contributed by atoms with Crippen LogP contribution >= 0.6 is 0 Å². The molecule has 2 unspecified atom stereocenters. The smallest absolute Gasteiger partial charge is 0.312 e. The Balaban J connectivity index is 3.86. The van der Waals surface area contributed by atoms with Crippen molar-refractivity contribution in [2.75, 3.05) is 7.11 Å². The second kappa shape index (κ2) is 4.91. The van der Waals surface area contributed by atoms with E-state index in [1.54, 1.807) is 19.1 Å². The fourth-order valence-electron chi connectivity index (χ4n) is 0.606. The number of nitrogens with two attached hydrogens (primary N) is 1. The zero-order valence-electron chi connectivity index (χ0n) is 7.20. The predicted octanol–water partition coefficient (Wildman–Crippen LogP) is 0.699. The Morgan fingerprint density at radius 1 is 1.45 bits per heavy atom. The number of methoxy groups -OCH3 is 1. The van der Waals surface area contributed by atoms with Crippen LogP contribution in [0.1, 0.15) is 13.8 Å². The Kier molecular flexibility index (Phi) is 4.54. The fourth-order valence-corrected chi connectivity index (χ4v) is 0.606. The molecule has 0 aliphatic rings. The molecule has 0 saturated carbocycles. The maximum Gasteiger partial charge on any atom is 0.312 e. The number of rotatable bonds is 3. The highest BCUT2D eigenvalue weighted by atomic mass is 16.5. The van der Waals surface area contributed by atoms with Crippen molar-refractivity contribution in [1.29, 1.82) is 0 Å². The highest BCUT2D eigenvalue weighted by molar-refractivity contribution is 5.73. The maximum absolute atomic E-state index is 10.8. The second-order valence-electron chi connectivity index (χ2n) is 2.56. The Morgan fingerprint density at radius 3 is 2.36 bits per heavy atom. The number of carbonyl (C=O) groups is 1. The van der Waals surface area contributed by atoms with Gasteiger partial charge in [-0.15, -0.1) is 0 Å². The summed E-state index contributed by atoms with van der Waals surface area (Å²) < 4.78 is 4.51. The molecule has 0 aliphatic heterocycles. The van der Waals surface area contributed by atoms with Crippen molar-refractivity contribution in [1.82, 2.24) is 0 Å². The lowest BCUT2D eigenvalue weighted by atomic mass is 10.1. The lowest BCUT2D eigenvalue weighted by molar-refractivity contribution is -0.143. The van der Waals surface area contributed by atoms with Gasteiger partial charge in [0.15, 0.2) is 0 Å². The quantitative estimate of drug-likeness (QED) is 0.484. The van der Waals surface area contributed by atoms with Crippen LogP contribution in [0.15, 0.2) is 12.2 Å². The van der Waals surface area contributed by atoms with E-state index < -0.39 is 0 Å². The molecule has 3 nitrogen and oxygen atoms in total. The van der Waals surface area contributed by atoms with E-state index in [0.717, 1.165) is 0 Å². The van der Waals surface area contributed by atoms with E-state index in [1.165, 1.54) is 7.11 Å². The van der Waals surface area contributed by atoms with E-state index >= 15 is 0 Å². The standard InChI is InChI=1S/C8H15NO2/c1-6(8(10)11-3)4-5-7(2)9/h4-7H,9H2,1-3H3/b5-4+. The summed E-state index contributed by atoms with van der Waals surface area (Å²) in [6.45, 7) is 3.62. The molecule has 0 heterocycles. The van der Waals surface area contributed by atoms with Crippen LogP contribution in [0, 0.1) is 5.92 Å². The molecular weight excluding hydrogens is 142 g/mol. The van der Waals surface area contributed by atoms with Gasteiger partial charge in [0, 0.05) is 6.04 Å². The number of ether oxygens (including phenoxy) is 1. The first-order chi connectivity index (χ1) is 5.07. The van der Waals surface area contributed by atoms with Crippen molar-refractivity contribution >= 4 is 5.97 Å². The molecule has 0 aromatic rings. The van der Waals surface area contributed by atoms with E-state index in [4.69, 9.17) is 5.73 Å². The molecule has 0 radical (unpaired) electrons. The molecule has 0 saturated heterocycles. The van der Waals surface area contributed by atoms with E-state index in [1.807, 2.05) is 6.92 Å². The Labute approximate surface area is 67.2 Å². The monoisotopic (exact) mass is 157 g/mol. The first-order valence-corrected chi connectivity index (χ1v) is 3.59. The second-order valence-corrected chi connectivity index (χ2v) is 2.56. The van der Waals surface area contributed by atoms with Crippen LogP contribution in [-0.2, 0) is 9.53 Å². The van der Waals surface area contributed by atoms with Crippen LogP contribution in [0.5, 0.6) is 0 Å². The van der Waals surface area contributed by atoms with Crippen molar-refractivity contribution in [3.05, 3.63) is 12.2 Å². The van der Waals surface area contributed by atoms with Gasteiger partial charge in [-0.2, -0.15) is 0 Å². The Hall–Kier alpha value is -0.830. The van der Waals surface area contributed by atoms with Crippen LogP contribution in [0.4, 0.5) is 0 Å². The van der Waals surface area contributed by atoms with Crippen LogP contribution in [0.3, 0.4) is 0 Å². The minimum Gasteiger partial charge on any atom is -0.469 e. The zero-order chi connectivity index (χ0) is 8.85. The van der Waals surface area contributed by atoms with Gasteiger partial charge in [-0.1, -0.05) is 12.2 Å². The number of esters is 1. The Bertz CT molecular complexity index is 152. The van der Waals surface area contributed by atoms with E-state index in [-0.39, 0.29) is 17.9 Å². The van der Waals surface area contributed by atoms with Gasteiger partial charge < -0.3 is 10.5 Å². The van der Waals surface area contributed by atoms with Crippen LogP contribution < -0.4 is 5.73 Å². The van der Waals surface area contributed by atoms with Crippen LogP contribution in [0.25, 0.3) is 0 Å². The lowest BCUT2D eigenvalue weighted by Gasteiger charge is -2.03. The summed E-state index contributed by atoms with van der Waals surface area (Å²) in [4.78, 5) is 10.8. The molecule has 0 aromatic carbocycles. The van der Waals surface area contributed by atoms with Crippen molar-refractivity contribution < 1.29 is 9.53 Å². The molecule has 0 rings (SSSR count). The largest absolute Gasteiger partial charge is 0.469 e. The summed E-state index contributed by atoms with van der Waals surface area (Å²) in [5.74, 6) is -0.437. The Morgan fingerprint density at radius 2 is 2.00 bits per heavy atom. The molecule has 64 valence electrons. The maximum atomic E-state index is 10.8. The van der Waals surface area contributed by atoms with Gasteiger partial charge in [0.05, 0.1) is 13.0 Å². The molecular formula is C8H15NO2. The summed E-state index contributed by atoms with van der Waals surface area (Å²) >= 11 is 0. The summed E-state index contributed by atoms with van der Waals surface area (Å²) in [5, 5.41) is 0. The summed E-state index contributed by atoms with van der Waals surface area (Å²) in [6.07, 6.45) is 3.53. The number of hydrogen-bond donors (Lipinski definition) is 1. The molecule has 0 fully saturated rings. The van der Waals surface area contributed by atoms with Gasteiger partial charge in [0.25, 0.3) is 0 Å². The van der Waals surface area contributed by atoms with Crippen molar-refractivity contribution in [2.24, 2.45) is 11.7 Å². The van der Waals surface area contributed by atoms with Gasteiger partial charge in [-0.25, -0.2) is 0 Å². The summed E-state index contributed by atoms with van der Waals surface area (Å²) in [5.41, 5.74) is 5.44. The minimum atomic E-state index is -0.234. The highest BCUT2D eigenvalue weighted by Gasteiger charge is 2.07. The summed E-state index contributed by atoms with van der Waals surface area (Å²) in [7, 11) is 1.37. The average molecular weight is 157 g/mol. The molecule has 0 aromatic heterocycles. The van der Waals surface area contributed by atoms with Gasteiger partial charge in [0.1, 0.15) is 0 Å². The van der Waals surface area contributed by atoms with Gasteiger partial charge >= 0.3 is 5.97 Å². The SMILES string of the molecule is COC(=O)C(C)/C=C/C(C)N. The molecule has 0 spiro atoms. The first kappa shape index (κ1) is 10.2. The third kappa shape index (κ3) is 4.56. The van der Waals surface area contributed by atoms with Crippen molar-refractivity contribution in [3.8, 4) is 0 Å².